The van der Waals surface area contributed by atoms with Gasteiger partial charge in [-0.1, -0.05) is 18.2 Å². The van der Waals surface area contributed by atoms with Crippen molar-refractivity contribution in [1.82, 2.24) is 4.98 Å². The molecule has 21 heavy (non-hydrogen) atoms. The predicted molar refractivity (Wildman–Crippen MR) is 78.3 cm³/mol. The molecule has 0 radical (unpaired) electrons. The van der Waals surface area contributed by atoms with Crippen LogP contribution in [-0.4, -0.2) is 16.7 Å². The predicted octanol–water partition coefficient (Wildman–Crippen LogP) is 2.77. The summed E-state index contributed by atoms with van der Waals surface area (Å²) in [6.07, 6.45) is 3.52. The fraction of sp³-hybridized carbons (Fsp3) is 0.294. The number of aliphatic hydroxyl groups excluding tert-OH is 1. The number of para-hydroxylation sites is 1. The number of pyridine rings is 1. The van der Waals surface area contributed by atoms with Crippen molar-refractivity contribution < 1.29 is 9.84 Å². The average Bonchev–Trinajstić information content (AvgIpc) is 2.96. The fourth-order valence-corrected chi connectivity index (χ4v) is 2.65. The summed E-state index contributed by atoms with van der Waals surface area (Å²) in [4.78, 5) is 4.51. The van der Waals surface area contributed by atoms with Crippen LogP contribution >= 0.6 is 0 Å². The SMILES string of the molecule is N#Cc1cc2c(nc1Oc1ccccc1CCO)CCC2. The molecule has 0 bridgehead atoms. The van der Waals surface area contributed by atoms with Crippen molar-refractivity contribution in [2.24, 2.45) is 0 Å². The minimum atomic E-state index is 0.0586. The molecule has 0 saturated heterocycles. The Morgan fingerprint density at radius 3 is 2.95 bits per heavy atom. The fourth-order valence-electron chi connectivity index (χ4n) is 2.65. The van der Waals surface area contributed by atoms with E-state index in [1.54, 1.807) is 0 Å². The highest BCUT2D eigenvalue weighted by molar-refractivity contribution is 5.47. The molecule has 0 aliphatic heterocycles. The zero-order chi connectivity index (χ0) is 14.7. The number of aliphatic hydroxyl groups is 1. The van der Waals surface area contributed by atoms with E-state index in [2.05, 4.69) is 11.1 Å². The second-order valence-corrected chi connectivity index (χ2v) is 5.10. The van der Waals surface area contributed by atoms with E-state index in [1.807, 2.05) is 30.3 Å². The summed E-state index contributed by atoms with van der Waals surface area (Å²) in [6, 6.07) is 11.6. The maximum atomic E-state index is 9.29. The molecule has 1 N–H and O–H groups in total. The number of rotatable bonds is 4. The lowest BCUT2D eigenvalue weighted by atomic mass is 10.1. The Kier molecular flexibility index (Phi) is 3.85. The maximum Gasteiger partial charge on any atom is 0.237 e. The molecule has 1 heterocycles. The van der Waals surface area contributed by atoms with E-state index in [4.69, 9.17) is 9.84 Å². The first kappa shape index (κ1) is 13.6. The van der Waals surface area contributed by atoms with E-state index in [0.29, 0.717) is 23.6 Å². The molecule has 1 aromatic heterocycles. The molecule has 0 saturated carbocycles. The van der Waals surface area contributed by atoms with E-state index in [1.165, 1.54) is 0 Å². The second-order valence-electron chi connectivity index (χ2n) is 5.10. The van der Waals surface area contributed by atoms with Crippen LogP contribution in [0.3, 0.4) is 0 Å². The van der Waals surface area contributed by atoms with E-state index < -0.39 is 0 Å². The van der Waals surface area contributed by atoms with Gasteiger partial charge in [-0.25, -0.2) is 4.98 Å². The molecule has 2 aromatic rings. The molecule has 3 rings (SSSR count). The van der Waals surface area contributed by atoms with Gasteiger partial charge in [-0.2, -0.15) is 5.26 Å². The molecular formula is C17H16N2O2. The number of hydrogen-bond acceptors (Lipinski definition) is 4. The monoisotopic (exact) mass is 280 g/mol. The van der Waals surface area contributed by atoms with Crippen LogP contribution in [0.2, 0.25) is 0 Å². The number of nitrogens with zero attached hydrogens (tertiary/aromatic N) is 2. The number of benzene rings is 1. The summed E-state index contributed by atoms with van der Waals surface area (Å²) >= 11 is 0. The lowest BCUT2D eigenvalue weighted by molar-refractivity contribution is 0.297. The summed E-state index contributed by atoms with van der Waals surface area (Å²) in [5.74, 6) is 1.01. The second kappa shape index (κ2) is 5.94. The van der Waals surface area contributed by atoms with Gasteiger partial charge < -0.3 is 9.84 Å². The third kappa shape index (κ3) is 2.74. The van der Waals surface area contributed by atoms with E-state index in [0.717, 1.165) is 36.1 Å². The van der Waals surface area contributed by atoms with E-state index in [-0.39, 0.29) is 6.61 Å². The van der Waals surface area contributed by atoms with E-state index >= 15 is 0 Å². The Labute approximate surface area is 123 Å². The number of fused-ring (bicyclic) bond motifs is 1. The first-order chi connectivity index (χ1) is 10.3. The van der Waals surface area contributed by atoms with Crippen LogP contribution in [-0.2, 0) is 19.3 Å². The summed E-state index contributed by atoms with van der Waals surface area (Å²) in [7, 11) is 0. The molecule has 106 valence electrons. The van der Waals surface area contributed by atoms with Gasteiger partial charge in [0.05, 0.1) is 0 Å². The van der Waals surface area contributed by atoms with Crippen molar-refractivity contribution in [2.75, 3.05) is 6.61 Å². The van der Waals surface area contributed by atoms with Gasteiger partial charge in [0.1, 0.15) is 17.4 Å². The summed E-state index contributed by atoms with van der Waals surface area (Å²) in [5.41, 5.74) is 3.56. The van der Waals surface area contributed by atoms with Gasteiger partial charge >= 0.3 is 0 Å². The maximum absolute atomic E-state index is 9.29. The number of ether oxygens (including phenoxy) is 1. The Morgan fingerprint density at radius 2 is 2.14 bits per heavy atom. The standard InChI is InChI=1S/C17H16N2O2/c18-11-14-10-13-5-3-6-15(13)19-17(14)21-16-7-2-1-4-12(16)8-9-20/h1-2,4,7,10,20H,3,5-6,8-9H2. The lowest BCUT2D eigenvalue weighted by Gasteiger charge is -2.12. The molecule has 1 aliphatic rings. The molecule has 1 aliphatic carbocycles. The van der Waals surface area contributed by atoms with Gasteiger partial charge in [0, 0.05) is 12.3 Å². The Morgan fingerprint density at radius 1 is 1.29 bits per heavy atom. The Bertz CT molecular complexity index is 704. The quantitative estimate of drug-likeness (QED) is 0.935. The largest absolute Gasteiger partial charge is 0.437 e. The smallest absolute Gasteiger partial charge is 0.237 e. The number of nitriles is 1. The van der Waals surface area contributed by atoms with Crippen LogP contribution in [0, 0.1) is 11.3 Å². The molecule has 0 atom stereocenters. The molecule has 4 heteroatoms. The molecule has 0 unspecified atom stereocenters. The van der Waals surface area contributed by atoms with Crippen LogP contribution in [0.1, 0.15) is 28.8 Å². The first-order valence-electron chi connectivity index (χ1n) is 7.11. The molecule has 0 fully saturated rings. The van der Waals surface area contributed by atoms with Crippen LogP contribution in [0.4, 0.5) is 0 Å². The van der Waals surface area contributed by atoms with E-state index in [9.17, 15) is 5.26 Å². The van der Waals surface area contributed by atoms with Gasteiger partial charge in [-0.15, -0.1) is 0 Å². The van der Waals surface area contributed by atoms with Crippen molar-refractivity contribution in [1.29, 1.82) is 5.26 Å². The zero-order valence-corrected chi connectivity index (χ0v) is 11.7. The molecule has 1 aromatic carbocycles. The van der Waals surface area contributed by atoms with Crippen molar-refractivity contribution in [2.45, 2.75) is 25.7 Å². The van der Waals surface area contributed by atoms with Crippen LogP contribution in [0.15, 0.2) is 30.3 Å². The van der Waals surface area contributed by atoms with Gasteiger partial charge in [-0.3, -0.25) is 0 Å². The summed E-state index contributed by atoms with van der Waals surface area (Å²) < 4.78 is 5.86. The highest BCUT2D eigenvalue weighted by Crippen LogP contribution is 2.30. The highest BCUT2D eigenvalue weighted by atomic mass is 16.5. The molecule has 0 spiro atoms. The van der Waals surface area contributed by atoms with Gasteiger partial charge in [0.2, 0.25) is 5.88 Å². The van der Waals surface area contributed by atoms with Gasteiger partial charge in [-0.05, 0) is 48.9 Å². The molecule has 0 amide bonds. The number of hydrogen-bond donors (Lipinski definition) is 1. The average molecular weight is 280 g/mol. The Hall–Kier alpha value is -2.38. The lowest BCUT2D eigenvalue weighted by Crippen LogP contribution is -2.00. The Balaban J connectivity index is 1.97. The molecule has 4 nitrogen and oxygen atoms in total. The van der Waals surface area contributed by atoms with Gasteiger partial charge in [0.25, 0.3) is 0 Å². The van der Waals surface area contributed by atoms with Crippen molar-refractivity contribution in [3.8, 4) is 17.7 Å². The summed E-state index contributed by atoms with van der Waals surface area (Å²) in [5, 5.41) is 18.4. The highest BCUT2D eigenvalue weighted by Gasteiger charge is 2.18. The topological polar surface area (TPSA) is 66.1 Å². The van der Waals surface area contributed by atoms with Crippen LogP contribution < -0.4 is 4.74 Å². The van der Waals surface area contributed by atoms with Crippen molar-refractivity contribution in [3.05, 3.63) is 52.7 Å². The van der Waals surface area contributed by atoms with Crippen molar-refractivity contribution >= 4 is 0 Å². The normalized spacial score (nSPS) is 12.8. The summed E-state index contributed by atoms with van der Waals surface area (Å²) in [6.45, 7) is 0.0586. The molecular weight excluding hydrogens is 264 g/mol. The third-order valence-electron chi connectivity index (χ3n) is 3.70. The minimum absolute atomic E-state index is 0.0586. The van der Waals surface area contributed by atoms with Crippen LogP contribution in [0.5, 0.6) is 11.6 Å². The van der Waals surface area contributed by atoms with Gasteiger partial charge in [0.15, 0.2) is 0 Å². The zero-order valence-electron chi connectivity index (χ0n) is 11.7. The number of aryl methyl sites for hydroxylation is 2. The minimum Gasteiger partial charge on any atom is -0.437 e. The third-order valence-corrected chi connectivity index (χ3v) is 3.70. The van der Waals surface area contributed by atoms with Crippen LogP contribution in [0.25, 0.3) is 0 Å². The number of aromatic nitrogens is 1. The first-order valence-corrected chi connectivity index (χ1v) is 7.11. The van der Waals surface area contributed by atoms with Crippen molar-refractivity contribution in [3.63, 3.8) is 0 Å².